The van der Waals surface area contributed by atoms with E-state index >= 15 is 0 Å². The molecule has 8 nitrogen and oxygen atoms in total. The van der Waals surface area contributed by atoms with E-state index in [0.717, 1.165) is 48.8 Å². The van der Waals surface area contributed by atoms with Crippen molar-refractivity contribution in [2.45, 2.75) is 13.1 Å². The Morgan fingerprint density at radius 3 is 2.48 bits per heavy atom. The number of pyridine rings is 2. The summed E-state index contributed by atoms with van der Waals surface area (Å²) < 4.78 is 13.2. The van der Waals surface area contributed by atoms with Gasteiger partial charge >= 0.3 is 6.03 Å². The summed E-state index contributed by atoms with van der Waals surface area (Å²) in [7, 11) is 2.13. The first-order chi connectivity index (χ1) is 16.0. The Balaban J connectivity index is 1.28. The number of halogens is 1. The molecule has 0 saturated carbocycles. The highest BCUT2D eigenvalue weighted by molar-refractivity contribution is 5.92. The van der Waals surface area contributed by atoms with E-state index in [1.165, 1.54) is 12.1 Å². The number of urea groups is 1. The van der Waals surface area contributed by atoms with Gasteiger partial charge in [-0.1, -0.05) is 6.07 Å². The van der Waals surface area contributed by atoms with E-state index in [-0.39, 0.29) is 17.7 Å². The van der Waals surface area contributed by atoms with E-state index in [1.807, 2.05) is 6.07 Å². The summed E-state index contributed by atoms with van der Waals surface area (Å²) in [6.45, 7) is 4.83. The minimum absolute atomic E-state index is 0.281. The zero-order valence-corrected chi connectivity index (χ0v) is 18.5. The molecule has 1 saturated heterocycles. The number of hydrogen-bond acceptors (Lipinski definition) is 6. The minimum atomic E-state index is -0.319. The normalized spacial score (nSPS) is 16.1. The molecule has 2 aliphatic heterocycles. The van der Waals surface area contributed by atoms with Crippen LogP contribution in [0.25, 0.3) is 11.3 Å². The maximum Gasteiger partial charge on any atom is 0.323 e. The van der Waals surface area contributed by atoms with Crippen molar-refractivity contribution >= 4 is 23.4 Å². The highest BCUT2D eigenvalue weighted by Crippen LogP contribution is 2.27. The number of hydrogen-bond donors (Lipinski definition) is 2. The maximum absolute atomic E-state index is 13.2. The molecule has 1 fully saturated rings. The molecule has 33 heavy (non-hydrogen) atoms. The Morgan fingerprint density at radius 1 is 0.970 bits per heavy atom. The number of rotatable bonds is 3. The number of nitrogens with zero attached hydrogens (tertiary/aromatic N) is 5. The Morgan fingerprint density at radius 2 is 1.73 bits per heavy atom. The summed E-state index contributed by atoms with van der Waals surface area (Å²) in [4.78, 5) is 28.6. The van der Waals surface area contributed by atoms with Gasteiger partial charge in [-0.15, -0.1) is 0 Å². The number of nitrogens with one attached hydrogen (secondary N) is 1. The highest BCUT2D eigenvalue weighted by Gasteiger charge is 2.26. The smallest absolute Gasteiger partial charge is 0.323 e. The van der Waals surface area contributed by atoms with Gasteiger partial charge in [0.2, 0.25) is 0 Å². The van der Waals surface area contributed by atoms with Gasteiger partial charge in [-0.25, -0.2) is 19.2 Å². The fraction of sp³-hybridized carbons (Fsp3) is 0.292. The molecule has 0 aliphatic carbocycles. The van der Waals surface area contributed by atoms with Crippen LogP contribution in [-0.4, -0.2) is 59.0 Å². The lowest BCUT2D eigenvalue weighted by atomic mass is 10.1. The fourth-order valence-electron chi connectivity index (χ4n) is 4.13. The van der Waals surface area contributed by atoms with Gasteiger partial charge < -0.3 is 20.4 Å². The molecule has 0 unspecified atom stereocenters. The van der Waals surface area contributed by atoms with Crippen LogP contribution in [-0.2, 0) is 13.1 Å². The third kappa shape index (κ3) is 4.45. The number of carbonyl (C=O) groups is 1. The van der Waals surface area contributed by atoms with Crippen molar-refractivity contribution in [1.29, 1.82) is 0 Å². The van der Waals surface area contributed by atoms with Crippen molar-refractivity contribution < 1.29 is 9.18 Å². The average Bonchev–Trinajstić information content (AvgIpc) is 3.25. The summed E-state index contributed by atoms with van der Waals surface area (Å²) in [6.07, 6.45) is 0. The minimum Gasteiger partial charge on any atom is -0.396 e. The van der Waals surface area contributed by atoms with Crippen LogP contribution in [0, 0.1) is 5.82 Å². The lowest BCUT2D eigenvalue weighted by Gasteiger charge is -2.33. The molecule has 2 aromatic heterocycles. The fourth-order valence-corrected chi connectivity index (χ4v) is 4.13. The Bertz CT molecular complexity index is 1180. The molecule has 2 amide bonds. The van der Waals surface area contributed by atoms with Crippen LogP contribution in [0.5, 0.6) is 0 Å². The quantitative estimate of drug-likeness (QED) is 0.641. The van der Waals surface area contributed by atoms with Gasteiger partial charge in [0.05, 0.1) is 23.6 Å². The number of benzene rings is 1. The van der Waals surface area contributed by atoms with Crippen molar-refractivity contribution in [1.82, 2.24) is 19.8 Å². The lowest BCUT2D eigenvalue weighted by molar-refractivity contribution is 0.212. The van der Waals surface area contributed by atoms with Crippen molar-refractivity contribution in [2.75, 3.05) is 49.2 Å². The number of aromatic nitrogens is 2. The van der Waals surface area contributed by atoms with Gasteiger partial charge in [0.25, 0.3) is 0 Å². The number of carbonyl (C=O) groups excluding carboxylic acids is 1. The largest absolute Gasteiger partial charge is 0.396 e. The zero-order chi connectivity index (χ0) is 22.9. The number of nitrogens with two attached hydrogens (primary N) is 1. The van der Waals surface area contributed by atoms with E-state index in [1.54, 1.807) is 29.2 Å². The van der Waals surface area contributed by atoms with Crippen molar-refractivity contribution in [3.05, 3.63) is 65.6 Å². The van der Waals surface area contributed by atoms with Gasteiger partial charge in [0.1, 0.15) is 11.6 Å². The standard InChI is InChI=1S/C24H26FN7O/c1-30-10-12-31(13-11-30)22-9-4-17-14-32(15-21(17)27-22)24(33)29-23-19(26)7-8-20(28-23)16-2-5-18(25)6-3-16/h2-9H,10-15,26H2,1H3,(H,28,29,33). The molecule has 1 aromatic carbocycles. The van der Waals surface area contributed by atoms with E-state index in [2.05, 4.69) is 33.2 Å². The first-order valence-corrected chi connectivity index (χ1v) is 11.0. The number of fused-ring (bicyclic) bond motifs is 1. The van der Waals surface area contributed by atoms with Crippen LogP contribution in [0.2, 0.25) is 0 Å². The summed E-state index contributed by atoms with van der Waals surface area (Å²) in [5.41, 5.74) is 9.72. The van der Waals surface area contributed by atoms with Crippen molar-refractivity contribution in [3.8, 4) is 11.3 Å². The zero-order valence-electron chi connectivity index (χ0n) is 18.5. The Hall–Kier alpha value is -3.72. The van der Waals surface area contributed by atoms with Crippen LogP contribution in [0.1, 0.15) is 11.3 Å². The molecule has 3 aromatic rings. The number of amides is 2. The van der Waals surface area contributed by atoms with Crippen LogP contribution in [0.4, 0.5) is 26.5 Å². The summed E-state index contributed by atoms with van der Waals surface area (Å²) in [5.74, 6) is 0.923. The van der Waals surface area contributed by atoms with E-state index in [4.69, 9.17) is 10.7 Å². The van der Waals surface area contributed by atoms with E-state index in [9.17, 15) is 9.18 Å². The molecule has 5 rings (SSSR count). The second-order valence-electron chi connectivity index (χ2n) is 8.49. The molecule has 4 heterocycles. The molecule has 0 bridgehead atoms. The molecule has 9 heteroatoms. The van der Waals surface area contributed by atoms with Crippen molar-refractivity contribution in [3.63, 3.8) is 0 Å². The second-order valence-corrected chi connectivity index (χ2v) is 8.49. The molecule has 0 spiro atoms. The van der Waals surface area contributed by atoms with Gasteiger partial charge in [-0.3, -0.25) is 5.32 Å². The lowest BCUT2D eigenvalue weighted by Crippen LogP contribution is -2.44. The maximum atomic E-state index is 13.2. The third-order valence-electron chi connectivity index (χ3n) is 6.16. The molecular formula is C24H26FN7O. The number of likely N-dealkylation sites (N-methyl/N-ethyl adjacent to an activating group) is 1. The predicted molar refractivity (Wildman–Crippen MR) is 126 cm³/mol. The number of anilines is 3. The molecule has 2 aliphatic rings. The summed E-state index contributed by atoms with van der Waals surface area (Å²) in [5, 5.41) is 2.82. The Labute approximate surface area is 191 Å². The highest BCUT2D eigenvalue weighted by atomic mass is 19.1. The SMILES string of the molecule is CN1CCN(c2ccc3c(n2)CN(C(=O)Nc2nc(-c4ccc(F)cc4)ccc2N)C3)CC1. The first-order valence-electron chi connectivity index (χ1n) is 11.0. The summed E-state index contributed by atoms with van der Waals surface area (Å²) in [6, 6.07) is 13.3. The van der Waals surface area contributed by atoms with Gasteiger partial charge in [-0.2, -0.15) is 0 Å². The van der Waals surface area contributed by atoms with Crippen LogP contribution >= 0.6 is 0 Å². The molecule has 0 atom stereocenters. The Kier molecular flexibility index (Phi) is 5.55. The number of piperazine rings is 1. The van der Waals surface area contributed by atoms with E-state index in [0.29, 0.717) is 24.5 Å². The monoisotopic (exact) mass is 447 g/mol. The number of nitrogen functional groups attached to an aromatic ring is 1. The van der Waals surface area contributed by atoms with Crippen molar-refractivity contribution in [2.24, 2.45) is 0 Å². The summed E-state index contributed by atoms with van der Waals surface area (Å²) >= 11 is 0. The molecular weight excluding hydrogens is 421 g/mol. The molecule has 0 radical (unpaired) electrons. The third-order valence-corrected chi connectivity index (χ3v) is 6.16. The van der Waals surface area contributed by atoms with Crippen LogP contribution < -0.4 is 16.0 Å². The second kappa shape index (κ2) is 8.67. The molecule has 170 valence electrons. The van der Waals surface area contributed by atoms with E-state index < -0.39 is 0 Å². The molecule has 3 N–H and O–H groups in total. The topological polar surface area (TPSA) is 90.6 Å². The van der Waals surface area contributed by atoms with Gasteiger partial charge in [0.15, 0.2) is 5.82 Å². The first kappa shape index (κ1) is 21.1. The average molecular weight is 448 g/mol. The van der Waals surface area contributed by atoms with Gasteiger partial charge in [-0.05, 0) is 55.1 Å². The van der Waals surface area contributed by atoms with Crippen LogP contribution in [0.3, 0.4) is 0 Å². The predicted octanol–water partition coefficient (Wildman–Crippen LogP) is 3.16. The van der Waals surface area contributed by atoms with Crippen LogP contribution in [0.15, 0.2) is 48.5 Å². The van der Waals surface area contributed by atoms with Gasteiger partial charge in [0, 0.05) is 38.3 Å².